The topological polar surface area (TPSA) is 0 Å². The maximum Gasteiger partial charge on any atom is 0.00105 e. The minimum atomic E-state index is 0.323. The van der Waals surface area contributed by atoms with Crippen LogP contribution in [-0.4, -0.2) is 0 Å². The molecule has 0 aromatic carbocycles. The molecule has 0 N–H and O–H groups in total. The van der Waals surface area contributed by atoms with Crippen LogP contribution in [0.4, 0.5) is 0 Å². The molecule has 0 atom stereocenters. The van der Waals surface area contributed by atoms with Crippen LogP contribution in [0.5, 0.6) is 0 Å². The van der Waals surface area contributed by atoms with E-state index in [1.54, 1.807) is 0 Å². The second-order valence-electron chi connectivity index (χ2n) is 4.48. The molecule has 13 heavy (non-hydrogen) atoms. The zero-order valence-corrected chi connectivity index (χ0v) is 8.91. The predicted octanol–water partition coefficient (Wildman–Crippen LogP) is 4.02. The van der Waals surface area contributed by atoms with E-state index in [0.29, 0.717) is 5.41 Å². The van der Waals surface area contributed by atoms with Crippen molar-refractivity contribution in [1.82, 2.24) is 0 Å². The SMILES string of the molecule is C=C=C1CC(C)(C)CC(=C)C1=CC. The average molecular weight is 174 g/mol. The molecule has 0 radical (unpaired) electrons. The summed E-state index contributed by atoms with van der Waals surface area (Å²) in [5, 5.41) is 0. The van der Waals surface area contributed by atoms with Gasteiger partial charge in [-0.25, -0.2) is 0 Å². The highest BCUT2D eigenvalue weighted by Crippen LogP contribution is 2.43. The fourth-order valence-electron chi connectivity index (χ4n) is 2.06. The van der Waals surface area contributed by atoms with E-state index in [2.05, 4.69) is 45.7 Å². The maximum absolute atomic E-state index is 4.10. The molecule has 0 bridgehead atoms. The van der Waals surface area contributed by atoms with Crippen LogP contribution in [0.25, 0.3) is 0 Å². The van der Waals surface area contributed by atoms with Crippen molar-refractivity contribution in [3.8, 4) is 0 Å². The van der Waals surface area contributed by atoms with Gasteiger partial charge >= 0.3 is 0 Å². The van der Waals surface area contributed by atoms with Crippen LogP contribution in [0.15, 0.2) is 41.7 Å². The fourth-order valence-corrected chi connectivity index (χ4v) is 2.06. The van der Waals surface area contributed by atoms with Crippen LogP contribution in [-0.2, 0) is 0 Å². The molecular weight excluding hydrogens is 156 g/mol. The molecular formula is C13H18. The van der Waals surface area contributed by atoms with Gasteiger partial charge in [0.25, 0.3) is 0 Å². The van der Waals surface area contributed by atoms with Gasteiger partial charge in [0.15, 0.2) is 0 Å². The Hall–Kier alpha value is -1.00. The fraction of sp³-hybridized carbons (Fsp3) is 0.462. The van der Waals surface area contributed by atoms with Gasteiger partial charge in [0, 0.05) is 5.57 Å². The summed E-state index contributed by atoms with van der Waals surface area (Å²) in [6.07, 6.45) is 4.26. The van der Waals surface area contributed by atoms with E-state index in [-0.39, 0.29) is 0 Å². The number of rotatable bonds is 0. The van der Waals surface area contributed by atoms with Crippen molar-refractivity contribution in [3.63, 3.8) is 0 Å². The summed E-state index contributed by atoms with van der Waals surface area (Å²) in [7, 11) is 0. The van der Waals surface area contributed by atoms with Crippen molar-refractivity contribution in [2.24, 2.45) is 5.41 Å². The van der Waals surface area contributed by atoms with Gasteiger partial charge in [-0.15, -0.1) is 5.73 Å². The van der Waals surface area contributed by atoms with Crippen LogP contribution in [0.1, 0.15) is 33.6 Å². The molecule has 0 aliphatic heterocycles. The molecule has 1 fully saturated rings. The highest BCUT2D eigenvalue weighted by Gasteiger charge is 2.28. The molecule has 0 heteroatoms. The van der Waals surface area contributed by atoms with Gasteiger partial charge in [-0.1, -0.05) is 33.1 Å². The normalized spacial score (nSPS) is 24.7. The number of allylic oxidation sites excluding steroid dienone is 4. The highest BCUT2D eigenvalue weighted by molar-refractivity contribution is 5.48. The van der Waals surface area contributed by atoms with Gasteiger partial charge in [0.05, 0.1) is 0 Å². The summed E-state index contributed by atoms with van der Waals surface area (Å²) in [5.41, 5.74) is 7.06. The van der Waals surface area contributed by atoms with Crippen molar-refractivity contribution in [2.75, 3.05) is 0 Å². The monoisotopic (exact) mass is 174 g/mol. The van der Waals surface area contributed by atoms with Gasteiger partial charge in [-0.3, -0.25) is 0 Å². The minimum Gasteiger partial charge on any atom is -0.125 e. The summed E-state index contributed by atoms with van der Waals surface area (Å²) in [5.74, 6) is 0. The van der Waals surface area contributed by atoms with Crippen LogP contribution in [0.3, 0.4) is 0 Å². The molecule has 0 aromatic heterocycles. The Morgan fingerprint density at radius 3 is 2.46 bits per heavy atom. The van der Waals surface area contributed by atoms with Crippen molar-refractivity contribution >= 4 is 0 Å². The van der Waals surface area contributed by atoms with Crippen LogP contribution < -0.4 is 0 Å². The summed E-state index contributed by atoms with van der Waals surface area (Å²) in [6.45, 7) is 14.4. The van der Waals surface area contributed by atoms with E-state index in [1.165, 1.54) is 16.7 Å². The van der Waals surface area contributed by atoms with Crippen molar-refractivity contribution < 1.29 is 0 Å². The Bertz CT molecular complexity index is 307. The third-order valence-electron chi connectivity index (χ3n) is 2.56. The lowest BCUT2D eigenvalue weighted by molar-refractivity contribution is 0.349. The Labute approximate surface area is 81.4 Å². The first-order chi connectivity index (χ1) is 6.00. The molecule has 0 saturated heterocycles. The number of hydrogen-bond acceptors (Lipinski definition) is 0. The molecule has 1 aliphatic rings. The maximum atomic E-state index is 4.10. The second kappa shape index (κ2) is 3.40. The van der Waals surface area contributed by atoms with Crippen LogP contribution in [0, 0.1) is 5.41 Å². The lowest BCUT2D eigenvalue weighted by Crippen LogP contribution is -2.20. The summed E-state index contributed by atoms with van der Waals surface area (Å²) in [4.78, 5) is 0. The quantitative estimate of drug-likeness (QED) is 0.486. The Balaban J connectivity index is 3.09. The van der Waals surface area contributed by atoms with E-state index in [9.17, 15) is 0 Å². The first kappa shape index (κ1) is 10.1. The van der Waals surface area contributed by atoms with Gasteiger partial charge in [-0.2, -0.15) is 0 Å². The lowest BCUT2D eigenvalue weighted by Gasteiger charge is -2.33. The third kappa shape index (κ3) is 2.02. The molecule has 1 aliphatic carbocycles. The third-order valence-corrected chi connectivity index (χ3v) is 2.56. The van der Waals surface area contributed by atoms with Gasteiger partial charge in [0.1, 0.15) is 0 Å². The standard InChI is InChI=1S/C13H18/c1-6-11-9-13(4,5)8-10(3)12(11)7-2/h7H,1,3,8-9H2,2,4-5H3. The lowest BCUT2D eigenvalue weighted by atomic mass is 9.71. The average Bonchev–Trinajstić information content (AvgIpc) is 2.01. The Kier molecular flexibility index (Phi) is 2.63. The Morgan fingerprint density at radius 2 is 2.00 bits per heavy atom. The van der Waals surface area contributed by atoms with E-state index in [4.69, 9.17) is 0 Å². The summed E-state index contributed by atoms with van der Waals surface area (Å²) in [6, 6.07) is 0. The van der Waals surface area contributed by atoms with E-state index in [1.807, 2.05) is 0 Å². The van der Waals surface area contributed by atoms with Crippen molar-refractivity contribution in [3.05, 3.63) is 41.7 Å². The largest absolute Gasteiger partial charge is 0.125 e. The number of hydrogen-bond donors (Lipinski definition) is 0. The molecule has 1 rings (SSSR count). The van der Waals surface area contributed by atoms with Gasteiger partial charge < -0.3 is 0 Å². The Morgan fingerprint density at radius 1 is 1.38 bits per heavy atom. The van der Waals surface area contributed by atoms with Gasteiger partial charge in [-0.05, 0) is 36.3 Å². The molecule has 0 spiro atoms. The molecule has 0 amide bonds. The minimum absolute atomic E-state index is 0.323. The molecule has 0 aromatic rings. The van der Waals surface area contributed by atoms with E-state index in [0.717, 1.165) is 12.8 Å². The van der Waals surface area contributed by atoms with Crippen LogP contribution >= 0.6 is 0 Å². The highest BCUT2D eigenvalue weighted by atomic mass is 14.3. The zero-order valence-electron chi connectivity index (χ0n) is 8.91. The molecule has 70 valence electrons. The molecule has 0 heterocycles. The van der Waals surface area contributed by atoms with E-state index < -0.39 is 0 Å². The molecule has 0 nitrogen and oxygen atoms in total. The predicted molar refractivity (Wildman–Crippen MR) is 58.6 cm³/mol. The second-order valence-corrected chi connectivity index (χ2v) is 4.48. The molecule has 0 unspecified atom stereocenters. The molecule has 1 saturated carbocycles. The van der Waals surface area contributed by atoms with Crippen molar-refractivity contribution in [2.45, 2.75) is 33.6 Å². The zero-order chi connectivity index (χ0) is 10.1. The van der Waals surface area contributed by atoms with E-state index >= 15 is 0 Å². The van der Waals surface area contributed by atoms with Crippen LogP contribution in [0.2, 0.25) is 0 Å². The first-order valence-corrected chi connectivity index (χ1v) is 4.74. The van der Waals surface area contributed by atoms with Crippen molar-refractivity contribution in [1.29, 1.82) is 0 Å². The summed E-state index contributed by atoms with van der Waals surface area (Å²) < 4.78 is 0. The van der Waals surface area contributed by atoms with Gasteiger partial charge in [0.2, 0.25) is 0 Å². The smallest absolute Gasteiger partial charge is 0.00105 e. The summed E-state index contributed by atoms with van der Waals surface area (Å²) >= 11 is 0. The first-order valence-electron chi connectivity index (χ1n) is 4.74.